The van der Waals surface area contributed by atoms with Crippen LogP contribution in [0.1, 0.15) is 18.1 Å². The predicted molar refractivity (Wildman–Crippen MR) is 99.4 cm³/mol. The fourth-order valence-corrected chi connectivity index (χ4v) is 2.71. The monoisotopic (exact) mass is 361 g/mol. The van der Waals surface area contributed by atoms with Crippen molar-refractivity contribution in [3.63, 3.8) is 0 Å². The van der Waals surface area contributed by atoms with Crippen LogP contribution < -0.4 is 19.7 Å². The van der Waals surface area contributed by atoms with E-state index in [2.05, 4.69) is 5.32 Å². The topological polar surface area (TPSA) is 52.0 Å². The lowest BCUT2D eigenvalue weighted by Crippen LogP contribution is -3.12. The minimum absolute atomic E-state index is 0.161. The standard InChI is InChI=1S/C20H25FN2O3/c1-13-9-18(25-4)19(26-5)10-15(13)12-23(3)14(2)20(24)22-17-8-6-7-16(21)11-17/h6-11,14H,12H2,1-5H3,(H,22,24)/p+1/t14-/m1/s1. The van der Waals surface area contributed by atoms with Crippen molar-refractivity contribution in [1.29, 1.82) is 0 Å². The van der Waals surface area contributed by atoms with Crippen molar-refractivity contribution in [1.82, 2.24) is 0 Å². The number of hydrogen-bond donors (Lipinski definition) is 2. The van der Waals surface area contributed by atoms with Crippen LogP contribution in [0.4, 0.5) is 10.1 Å². The number of anilines is 1. The summed E-state index contributed by atoms with van der Waals surface area (Å²) in [5.74, 6) is 0.810. The van der Waals surface area contributed by atoms with Crippen molar-refractivity contribution < 1.29 is 23.6 Å². The molecule has 0 aliphatic rings. The molecule has 0 bridgehead atoms. The van der Waals surface area contributed by atoms with Crippen molar-refractivity contribution in [2.45, 2.75) is 26.4 Å². The molecule has 0 heterocycles. The molecule has 6 heteroatoms. The summed E-state index contributed by atoms with van der Waals surface area (Å²) in [6.45, 7) is 4.49. The van der Waals surface area contributed by atoms with Crippen LogP contribution in [-0.4, -0.2) is 33.2 Å². The van der Waals surface area contributed by atoms with E-state index in [4.69, 9.17) is 9.47 Å². The Labute approximate surface area is 153 Å². The molecular weight excluding hydrogens is 335 g/mol. The van der Waals surface area contributed by atoms with E-state index >= 15 is 0 Å². The lowest BCUT2D eigenvalue weighted by atomic mass is 10.1. The number of quaternary nitrogens is 1. The average Bonchev–Trinajstić information content (AvgIpc) is 2.62. The summed E-state index contributed by atoms with van der Waals surface area (Å²) >= 11 is 0. The molecule has 2 atom stereocenters. The largest absolute Gasteiger partial charge is 0.493 e. The zero-order chi connectivity index (χ0) is 19.3. The average molecular weight is 361 g/mol. The lowest BCUT2D eigenvalue weighted by molar-refractivity contribution is -0.907. The Morgan fingerprint density at radius 1 is 1.19 bits per heavy atom. The molecule has 0 fully saturated rings. The van der Waals surface area contributed by atoms with Gasteiger partial charge in [-0.2, -0.15) is 0 Å². The number of carbonyl (C=O) groups excluding carboxylic acids is 1. The normalized spacial score (nSPS) is 13.0. The minimum Gasteiger partial charge on any atom is -0.493 e. The van der Waals surface area contributed by atoms with E-state index in [0.29, 0.717) is 23.7 Å². The maximum absolute atomic E-state index is 13.3. The third kappa shape index (κ3) is 4.73. The number of hydrogen-bond acceptors (Lipinski definition) is 3. The van der Waals surface area contributed by atoms with Crippen molar-refractivity contribution in [3.8, 4) is 11.5 Å². The Kier molecular flexibility index (Phi) is 6.58. The van der Waals surface area contributed by atoms with Gasteiger partial charge in [0.1, 0.15) is 12.4 Å². The molecule has 0 aliphatic heterocycles. The van der Waals surface area contributed by atoms with Gasteiger partial charge in [0, 0.05) is 11.3 Å². The van der Waals surface area contributed by atoms with Gasteiger partial charge in [0.15, 0.2) is 17.5 Å². The van der Waals surface area contributed by atoms with E-state index in [-0.39, 0.29) is 17.8 Å². The number of rotatable bonds is 7. The number of likely N-dealkylation sites (N-methyl/N-ethyl adjacent to an activating group) is 1. The number of ether oxygens (including phenoxy) is 2. The number of halogens is 1. The predicted octanol–water partition coefficient (Wildman–Crippen LogP) is 2.19. The van der Waals surface area contributed by atoms with E-state index < -0.39 is 0 Å². The number of carbonyl (C=O) groups is 1. The van der Waals surface area contributed by atoms with E-state index in [1.807, 2.05) is 33.0 Å². The Morgan fingerprint density at radius 3 is 2.46 bits per heavy atom. The first-order valence-corrected chi connectivity index (χ1v) is 8.46. The first-order valence-electron chi connectivity index (χ1n) is 8.46. The summed E-state index contributed by atoms with van der Waals surface area (Å²) in [5, 5.41) is 2.76. The molecule has 0 aliphatic carbocycles. The Balaban J connectivity index is 2.08. The molecule has 2 aromatic carbocycles. The summed E-state index contributed by atoms with van der Waals surface area (Å²) in [4.78, 5) is 13.5. The highest BCUT2D eigenvalue weighted by Gasteiger charge is 2.23. The van der Waals surface area contributed by atoms with Gasteiger partial charge >= 0.3 is 0 Å². The summed E-state index contributed by atoms with van der Waals surface area (Å²) < 4.78 is 23.9. The summed E-state index contributed by atoms with van der Waals surface area (Å²) in [6.07, 6.45) is 0. The quantitative estimate of drug-likeness (QED) is 0.795. The van der Waals surface area contributed by atoms with Gasteiger partial charge in [0.2, 0.25) is 0 Å². The second-order valence-electron chi connectivity index (χ2n) is 6.38. The van der Waals surface area contributed by atoms with Gasteiger partial charge in [-0.25, -0.2) is 4.39 Å². The Hall–Kier alpha value is -2.60. The van der Waals surface area contributed by atoms with Gasteiger partial charge in [-0.05, 0) is 49.7 Å². The number of methoxy groups -OCH3 is 2. The Bertz CT molecular complexity index is 780. The fourth-order valence-electron chi connectivity index (χ4n) is 2.71. The van der Waals surface area contributed by atoms with Gasteiger partial charge in [0.05, 0.1) is 21.3 Å². The fraction of sp³-hybridized carbons (Fsp3) is 0.350. The first kappa shape index (κ1) is 19.7. The van der Waals surface area contributed by atoms with Crippen LogP contribution in [-0.2, 0) is 11.3 Å². The van der Waals surface area contributed by atoms with Gasteiger partial charge in [-0.15, -0.1) is 0 Å². The summed E-state index contributed by atoms with van der Waals surface area (Å²) in [5.41, 5.74) is 2.60. The molecule has 2 N–H and O–H groups in total. The SMILES string of the molecule is COc1cc(C)c(C[NH+](C)[C@H](C)C(=O)Nc2cccc(F)c2)cc1OC. The zero-order valence-corrected chi connectivity index (χ0v) is 15.9. The van der Waals surface area contributed by atoms with Crippen LogP contribution in [0.3, 0.4) is 0 Å². The molecule has 0 aromatic heterocycles. The molecule has 0 saturated heterocycles. The van der Waals surface area contributed by atoms with Crippen molar-refractivity contribution >= 4 is 11.6 Å². The molecule has 2 rings (SSSR count). The Morgan fingerprint density at radius 2 is 1.85 bits per heavy atom. The van der Waals surface area contributed by atoms with Crippen molar-refractivity contribution in [2.24, 2.45) is 0 Å². The second kappa shape index (κ2) is 8.67. The number of nitrogens with one attached hydrogen (secondary N) is 2. The van der Waals surface area contributed by atoms with Gasteiger partial charge in [-0.1, -0.05) is 6.07 Å². The first-order chi connectivity index (χ1) is 12.3. The van der Waals surface area contributed by atoms with Crippen molar-refractivity contribution in [3.05, 3.63) is 53.3 Å². The van der Waals surface area contributed by atoms with Crippen LogP contribution in [0.5, 0.6) is 11.5 Å². The van der Waals surface area contributed by atoms with Crippen LogP contribution in [0.2, 0.25) is 0 Å². The second-order valence-corrected chi connectivity index (χ2v) is 6.38. The molecule has 2 aromatic rings. The lowest BCUT2D eigenvalue weighted by Gasteiger charge is -2.22. The van der Waals surface area contributed by atoms with Crippen LogP contribution in [0.15, 0.2) is 36.4 Å². The molecule has 0 spiro atoms. The van der Waals surface area contributed by atoms with E-state index in [9.17, 15) is 9.18 Å². The smallest absolute Gasteiger partial charge is 0.282 e. The van der Waals surface area contributed by atoms with Crippen LogP contribution >= 0.6 is 0 Å². The third-order valence-electron chi connectivity index (χ3n) is 4.54. The molecule has 140 valence electrons. The molecule has 0 saturated carbocycles. The molecule has 1 unspecified atom stereocenters. The third-order valence-corrected chi connectivity index (χ3v) is 4.54. The maximum Gasteiger partial charge on any atom is 0.282 e. The van der Waals surface area contributed by atoms with Crippen molar-refractivity contribution in [2.75, 3.05) is 26.6 Å². The molecule has 0 radical (unpaired) electrons. The van der Waals surface area contributed by atoms with Gasteiger partial charge in [-0.3, -0.25) is 4.79 Å². The highest BCUT2D eigenvalue weighted by Crippen LogP contribution is 2.29. The number of aryl methyl sites for hydroxylation is 1. The van der Waals surface area contributed by atoms with Crippen LogP contribution in [0.25, 0.3) is 0 Å². The molecule has 26 heavy (non-hydrogen) atoms. The number of benzene rings is 2. The zero-order valence-electron chi connectivity index (χ0n) is 15.9. The summed E-state index contributed by atoms with van der Waals surface area (Å²) in [7, 11) is 5.15. The maximum atomic E-state index is 13.3. The molecule has 5 nitrogen and oxygen atoms in total. The number of amides is 1. The summed E-state index contributed by atoms with van der Waals surface area (Å²) in [6, 6.07) is 9.44. The highest BCUT2D eigenvalue weighted by molar-refractivity contribution is 5.93. The minimum atomic E-state index is -0.378. The molecular formula is C20H26FN2O3+. The van der Waals surface area contributed by atoms with Gasteiger partial charge < -0.3 is 19.7 Å². The van der Waals surface area contributed by atoms with E-state index in [1.165, 1.54) is 12.1 Å². The highest BCUT2D eigenvalue weighted by atomic mass is 19.1. The van der Waals surface area contributed by atoms with Gasteiger partial charge in [0.25, 0.3) is 5.91 Å². The van der Waals surface area contributed by atoms with Crippen LogP contribution in [0, 0.1) is 12.7 Å². The molecule has 1 amide bonds. The van der Waals surface area contributed by atoms with E-state index in [1.54, 1.807) is 26.4 Å². The van der Waals surface area contributed by atoms with E-state index in [0.717, 1.165) is 16.0 Å².